The lowest BCUT2D eigenvalue weighted by atomic mass is 10.1. The van der Waals surface area contributed by atoms with Gasteiger partial charge in [0.1, 0.15) is 0 Å². The summed E-state index contributed by atoms with van der Waals surface area (Å²) in [6, 6.07) is 26.2. The Morgan fingerprint density at radius 1 is 0.422 bits per heavy atom. The van der Waals surface area contributed by atoms with Crippen LogP contribution in [-0.4, -0.2) is 33.0 Å². The molecule has 330 valence electrons. The van der Waals surface area contributed by atoms with Crippen molar-refractivity contribution < 1.29 is 0 Å². The average molecular weight is 848 g/mol. The van der Waals surface area contributed by atoms with Crippen molar-refractivity contribution in [3.8, 4) is 23.7 Å². The van der Waals surface area contributed by atoms with Crippen molar-refractivity contribution in [2.24, 2.45) is 0 Å². The number of rotatable bonds is 19. The van der Waals surface area contributed by atoms with Gasteiger partial charge in [0.15, 0.2) is 0 Å². The van der Waals surface area contributed by atoms with Gasteiger partial charge in [-0.1, -0.05) is 133 Å². The van der Waals surface area contributed by atoms with Crippen LogP contribution in [0.4, 0.5) is 5.69 Å². The predicted molar refractivity (Wildman–Crippen MR) is 275 cm³/mol. The summed E-state index contributed by atoms with van der Waals surface area (Å²) < 4.78 is 0. The summed E-state index contributed by atoms with van der Waals surface area (Å²) >= 11 is 0. The van der Waals surface area contributed by atoms with Crippen molar-refractivity contribution in [1.29, 1.82) is 0 Å². The van der Waals surface area contributed by atoms with Gasteiger partial charge in [-0.3, -0.25) is 0 Å². The molecule has 0 fully saturated rings. The standard InChI is InChI=1S/C59H69N5/c1-6-10-14-18-42-64(43-19-15-11-7-2)47-30-26-46(27-31-47)29-33-51-58-40-36-54(62-58)48(20-16-12-8-3)52-34-38-56(60-52)50(32-28-45-24-22-44(5)23-25-45)57-39-35-53(61-57)49(21-17-13-9-4)55-37-41-59(51)63-55/h22-27,30-31,34-41,62-63H,6-21,42-43H2,1-5H3. The van der Waals surface area contributed by atoms with Gasteiger partial charge in [-0.2, -0.15) is 0 Å². The lowest BCUT2D eigenvalue weighted by Gasteiger charge is -2.25. The lowest BCUT2D eigenvalue weighted by Crippen LogP contribution is -2.25. The molecule has 0 spiro atoms. The molecule has 64 heavy (non-hydrogen) atoms. The van der Waals surface area contributed by atoms with Crippen LogP contribution in [0.1, 0.15) is 179 Å². The number of hydrogen-bond acceptors (Lipinski definition) is 3. The summed E-state index contributed by atoms with van der Waals surface area (Å²) in [5.74, 6) is 14.2. The maximum absolute atomic E-state index is 5.34. The molecule has 5 heteroatoms. The molecule has 0 saturated heterocycles. The molecule has 0 unspecified atom stereocenters. The molecule has 0 radical (unpaired) electrons. The van der Waals surface area contributed by atoms with Crippen molar-refractivity contribution in [2.45, 2.75) is 137 Å². The Bertz CT molecular complexity index is 2560. The van der Waals surface area contributed by atoms with E-state index in [2.05, 4.69) is 170 Å². The van der Waals surface area contributed by atoms with Crippen molar-refractivity contribution in [3.63, 3.8) is 0 Å². The van der Waals surface area contributed by atoms with Crippen molar-refractivity contribution >= 4 is 52.1 Å². The molecule has 0 saturated carbocycles. The molecule has 5 heterocycles. The maximum Gasteiger partial charge on any atom is 0.0816 e. The second-order valence-corrected chi connectivity index (χ2v) is 17.6. The van der Waals surface area contributed by atoms with Crippen LogP contribution in [0.15, 0.2) is 72.8 Å². The number of nitrogens with zero attached hydrogens (tertiary/aromatic N) is 3. The number of fused-ring (bicyclic) bond motifs is 8. The Hall–Kier alpha value is -6.04. The number of aryl methyl sites for hydroxylation is 3. The summed E-state index contributed by atoms with van der Waals surface area (Å²) in [5, 5.41) is 0. The molecular formula is C59H69N5. The van der Waals surface area contributed by atoms with Crippen LogP contribution >= 0.6 is 0 Å². The van der Waals surface area contributed by atoms with E-state index in [9.17, 15) is 0 Å². The molecule has 0 atom stereocenters. The van der Waals surface area contributed by atoms with Gasteiger partial charge in [-0.25, -0.2) is 9.97 Å². The highest BCUT2D eigenvalue weighted by molar-refractivity contribution is 5.86. The topological polar surface area (TPSA) is 60.6 Å². The highest BCUT2D eigenvalue weighted by atomic mass is 15.1. The second kappa shape index (κ2) is 23.6. The zero-order valence-electron chi connectivity index (χ0n) is 39.3. The SMILES string of the molecule is CCCCCCN(CCCCCC)c1ccc(C#Cc2c3ccc([nH]3)c(CCCCC)c3nc(c(C#Cc4ccc(C)cc4)c4nc(c(CCCCC)c5ccc2[nH]5)C=C4)C=C3)cc1. The van der Waals surface area contributed by atoms with Crippen LogP contribution in [0, 0.1) is 30.6 Å². The van der Waals surface area contributed by atoms with Crippen LogP contribution in [0.5, 0.6) is 0 Å². The van der Waals surface area contributed by atoms with Gasteiger partial charge in [-0.05, 0) is 130 Å². The van der Waals surface area contributed by atoms with Crippen LogP contribution in [0.25, 0.3) is 46.4 Å². The van der Waals surface area contributed by atoms with E-state index < -0.39 is 0 Å². The van der Waals surface area contributed by atoms with E-state index >= 15 is 0 Å². The molecule has 3 aromatic heterocycles. The molecule has 0 amide bonds. The van der Waals surface area contributed by atoms with E-state index in [1.807, 2.05) is 0 Å². The van der Waals surface area contributed by atoms with Crippen LogP contribution in [0.2, 0.25) is 0 Å². The molecule has 5 nitrogen and oxygen atoms in total. The van der Waals surface area contributed by atoms with Gasteiger partial charge < -0.3 is 14.9 Å². The third kappa shape index (κ3) is 12.1. The van der Waals surface area contributed by atoms with E-state index in [0.717, 1.165) is 132 Å². The molecular weight excluding hydrogens is 779 g/mol. The van der Waals surface area contributed by atoms with Crippen LogP contribution in [-0.2, 0) is 12.8 Å². The first-order valence-electron chi connectivity index (χ1n) is 24.6. The minimum Gasteiger partial charge on any atom is -0.372 e. The van der Waals surface area contributed by atoms with E-state index in [1.165, 1.54) is 73.7 Å². The number of H-pyrrole nitrogens is 2. The average Bonchev–Trinajstić information content (AvgIpc) is 4.17. The van der Waals surface area contributed by atoms with E-state index in [-0.39, 0.29) is 0 Å². The highest BCUT2D eigenvalue weighted by Gasteiger charge is 2.16. The fourth-order valence-corrected chi connectivity index (χ4v) is 8.71. The first kappa shape index (κ1) is 46.0. The number of nitrogens with one attached hydrogen (secondary N) is 2. The number of hydrogen-bond donors (Lipinski definition) is 2. The zero-order chi connectivity index (χ0) is 44.5. The Morgan fingerprint density at radius 3 is 1.33 bits per heavy atom. The molecule has 5 aromatic rings. The smallest absolute Gasteiger partial charge is 0.0816 e. The van der Waals surface area contributed by atoms with Gasteiger partial charge in [-0.15, -0.1) is 0 Å². The Morgan fingerprint density at radius 2 is 0.844 bits per heavy atom. The Balaban J connectivity index is 1.38. The van der Waals surface area contributed by atoms with Gasteiger partial charge in [0, 0.05) is 52.1 Å². The first-order valence-corrected chi connectivity index (χ1v) is 24.6. The summed E-state index contributed by atoms with van der Waals surface area (Å²) in [6.45, 7) is 13.4. The molecule has 8 bridgehead atoms. The maximum atomic E-state index is 5.34. The number of aromatic nitrogens is 4. The number of unbranched alkanes of at least 4 members (excludes halogenated alkanes) is 10. The normalized spacial score (nSPS) is 11.6. The van der Waals surface area contributed by atoms with Gasteiger partial charge in [0.2, 0.25) is 0 Å². The zero-order valence-corrected chi connectivity index (χ0v) is 39.3. The summed E-state index contributed by atoms with van der Waals surface area (Å²) in [7, 11) is 0. The molecule has 2 aliphatic heterocycles. The predicted octanol–water partition coefficient (Wildman–Crippen LogP) is 15.2. The van der Waals surface area contributed by atoms with Gasteiger partial charge >= 0.3 is 0 Å². The third-order valence-corrected chi connectivity index (χ3v) is 12.5. The summed E-state index contributed by atoms with van der Waals surface area (Å²) in [6.07, 6.45) is 27.4. The molecule has 2 N–H and O–H groups in total. The van der Waals surface area contributed by atoms with Gasteiger partial charge in [0.25, 0.3) is 0 Å². The van der Waals surface area contributed by atoms with Crippen molar-refractivity contribution in [3.05, 3.63) is 135 Å². The number of anilines is 1. The monoisotopic (exact) mass is 848 g/mol. The summed E-state index contributed by atoms with van der Waals surface area (Å²) in [5.41, 5.74) is 16.5. The highest BCUT2D eigenvalue weighted by Crippen LogP contribution is 2.29. The first-order chi connectivity index (χ1) is 31.5. The fraction of sp³-hybridized carbons (Fsp3) is 0.390. The Kier molecular flexibility index (Phi) is 16.9. The van der Waals surface area contributed by atoms with E-state index in [1.54, 1.807) is 0 Å². The quantitative estimate of drug-likeness (QED) is 0.0629. The van der Waals surface area contributed by atoms with Crippen LogP contribution < -0.4 is 4.90 Å². The third-order valence-electron chi connectivity index (χ3n) is 12.5. The molecule has 2 aromatic carbocycles. The largest absolute Gasteiger partial charge is 0.372 e. The van der Waals surface area contributed by atoms with Crippen LogP contribution in [0.3, 0.4) is 0 Å². The van der Waals surface area contributed by atoms with Gasteiger partial charge in [0.05, 0.1) is 44.9 Å². The second-order valence-electron chi connectivity index (χ2n) is 17.6. The molecule has 0 aliphatic carbocycles. The number of aromatic amines is 2. The fourth-order valence-electron chi connectivity index (χ4n) is 8.71. The van der Waals surface area contributed by atoms with Crippen molar-refractivity contribution in [1.82, 2.24) is 19.9 Å². The lowest BCUT2D eigenvalue weighted by molar-refractivity contribution is 0.609. The Labute approximate surface area is 384 Å². The molecule has 7 rings (SSSR count). The minimum absolute atomic E-state index is 0.843. The molecule has 2 aliphatic rings. The summed E-state index contributed by atoms with van der Waals surface area (Å²) in [4.78, 5) is 21.0. The number of benzene rings is 2. The van der Waals surface area contributed by atoms with E-state index in [0.29, 0.717) is 0 Å². The van der Waals surface area contributed by atoms with E-state index in [4.69, 9.17) is 9.97 Å². The van der Waals surface area contributed by atoms with Crippen molar-refractivity contribution in [2.75, 3.05) is 18.0 Å². The minimum atomic E-state index is 0.843.